The van der Waals surface area contributed by atoms with Gasteiger partial charge < -0.3 is 0 Å². The van der Waals surface area contributed by atoms with Crippen molar-refractivity contribution < 1.29 is 10.4 Å². The second-order valence-corrected chi connectivity index (χ2v) is 5.77. The quantitative estimate of drug-likeness (QED) is 0.305. The fourth-order valence-electron chi connectivity index (χ4n) is 1.86. The lowest BCUT2D eigenvalue weighted by atomic mass is 10.00. The number of rotatable bonds is 0. The zero-order valence-corrected chi connectivity index (χ0v) is 10.8. The van der Waals surface area contributed by atoms with Crippen LogP contribution in [0.2, 0.25) is 0 Å². The van der Waals surface area contributed by atoms with E-state index in [2.05, 4.69) is 23.4 Å². The minimum absolute atomic E-state index is 0.854. The first kappa shape index (κ1) is 11.6. The number of hydrogen-bond acceptors (Lipinski definition) is 2. The van der Waals surface area contributed by atoms with Crippen molar-refractivity contribution in [1.82, 2.24) is 0 Å². The second kappa shape index (κ2) is 5.46. The number of benzene rings is 1. The highest BCUT2D eigenvalue weighted by atomic mass is 32.2. The maximum Gasteiger partial charge on any atom is 0.333 e. The molecule has 0 amide bonds. The average Bonchev–Trinajstić information content (AvgIpc) is 2.31. The number of thioether (sulfide) groups is 1. The molecule has 0 spiro atoms. The summed E-state index contributed by atoms with van der Waals surface area (Å²) in [6, 6.07) is 8.28. The summed E-state index contributed by atoms with van der Waals surface area (Å²) < 4.78 is 1.16. The summed E-state index contributed by atoms with van der Waals surface area (Å²) in [5.74, 6) is 1.11. The van der Waals surface area contributed by atoms with Gasteiger partial charge in [-0.3, -0.25) is 5.21 Å². The first-order valence-electron chi connectivity index (χ1n) is 5.26. The fourth-order valence-corrected chi connectivity index (χ4v) is 3.71. The Labute approximate surface area is 104 Å². The molecule has 4 heteroatoms. The van der Waals surface area contributed by atoms with Gasteiger partial charge in [-0.2, -0.15) is 0 Å². The monoisotopic (exact) mass is 253 g/mol. The van der Waals surface area contributed by atoms with Gasteiger partial charge in [0, 0.05) is 5.75 Å². The molecule has 1 aliphatic heterocycles. The van der Waals surface area contributed by atoms with Crippen LogP contribution in [0.3, 0.4) is 0 Å². The van der Waals surface area contributed by atoms with Crippen molar-refractivity contribution in [2.75, 3.05) is 12.0 Å². The van der Waals surface area contributed by atoms with Crippen molar-refractivity contribution in [3.05, 3.63) is 35.4 Å². The van der Waals surface area contributed by atoms with E-state index in [9.17, 15) is 5.21 Å². The maximum absolute atomic E-state index is 9.32. The van der Waals surface area contributed by atoms with Gasteiger partial charge in [-0.05, 0) is 29.6 Å². The van der Waals surface area contributed by atoms with E-state index in [1.54, 1.807) is 11.4 Å². The van der Waals surface area contributed by atoms with Crippen molar-refractivity contribution in [2.45, 2.75) is 12.8 Å². The highest BCUT2D eigenvalue weighted by Crippen LogP contribution is 2.19. The van der Waals surface area contributed by atoms with Gasteiger partial charge >= 0.3 is 9.91 Å². The van der Waals surface area contributed by atoms with Crippen LogP contribution >= 0.6 is 11.8 Å². The number of hydrogen-bond donors (Lipinski definition) is 2. The van der Waals surface area contributed by atoms with E-state index in [1.807, 2.05) is 24.1 Å². The summed E-state index contributed by atoms with van der Waals surface area (Å²) in [5.41, 5.74) is 3.29. The Balaban J connectivity index is 2.53. The molecule has 2 rings (SSSR count). The Hall–Kier alpha value is -0.870. The molecule has 84 valence electrons. The molecule has 0 aromatic heterocycles. The summed E-state index contributed by atoms with van der Waals surface area (Å²) in [4.78, 5) is 0. The normalized spacial score (nSPS) is 21.6. The van der Waals surface area contributed by atoms with Crippen molar-refractivity contribution in [1.29, 1.82) is 0 Å². The van der Waals surface area contributed by atoms with E-state index < -0.39 is 0 Å². The largest absolute Gasteiger partial charge is 0.333 e. The molecule has 0 aliphatic carbocycles. The van der Waals surface area contributed by atoms with E-state index in [0.717, 1.165) is 27.6 Å². The standard InChI is InChI=1S/C12H13NOS2/c1-15-12-11(13-14)10-7-3-2-5-9(10)6-4-8-16-12/h2-3,5,7H,4,6,8H2,1H3/p+2/b13-11+. The van der Waals surface area contributed by atoms with E-state index in [4.69, 9.17) is 0 Å². The predicted molar refractivity (Wildman–Crippen MR) is 72.4 cm³/mol. The van der Waals surface area contributed by atoms with Crippen LogP contribution in [0.4, 0.5) is 0 Å². The zero-order chi connectivity index (χ0) is 11.4. The van der Waals surface area contributed by atoms with Crippen LogP contribution < -0.4 is 5.16 Å². The van der Waals surface area contributed by atoms with Gasteiger partial charge in [0.25, 0.3) is 0 Å². The third kappa shape index (κ3) is 2.28. The lowest BCUT2D eigenvalue weighted by Crippen LogP contribution is -2.71. The van der Waals surface area contributed by atoms with E-state index >= 15 is 0 Å². The molecule has 1 aliphatic rings. The average molecular weight is 253 g/mol. The maximum atomic E-state index is 9.32. The molecule has 2 N–H and O–H groups in total. The molecular weight excluding hydrogens is 238 g/mol. The molecular formula is C12H15NOS2+2. The molecule has 0 saturated carbocycles. The van der Waals surface area contributed by atoms with Gasteiger partial charge in [-0.15, -0.1) is 0 Å². The van der Waals surface area contributed by atoms with Gasteiger partial charge in [-0.1, -0.05) is 30.0 Å². The predicted octanol–water partition coefficient (Wildman–Crippen LogP) is 0.467. The summed E-state index contributed by atoms with van der Waals surface area (Å²) in [5, 5.41) is 11.7. The Morgan fingerprint density at radius 1 is 1.38 bits per heavy atom. The van der Waals surface area contributed by atoms with Crippen LogP contribution in [-0.2, 0) is 17.8 Å². The lowest BCUT2D eigenvalue weighted by molar-refractivity contribution is -0.735. The number of fused-ring (bicyclic) bond motifs is 1. The smallest absolute Gasteiger partial charge is 0.292 e. The molecule has 0 unspecified atom stereocenters. The first-order valence-corrected chi connectivity index (χ1v) is 7.47. The van der Waals surface area contributed by atoms with Gasteiger partial charge in [0.05, 0.1) is 5.56 Å². The molecule has 0 radical (unpaired) electrons. The SMILES string of the molecule is C[S+]=C1SCCCc2ccccc2/C1=[NH+]\O. The highest BCUT2D eigenvalue weighted by molar-refractivity contribution is 8.24. The van der Waals surface area contributed by atoms with E-state index in [-0.39, 0.29) is 0 Å². The summed E-state index contributed by atoms with van der Waals surface area (Å²) in [6.07, 6.45) is 4.31. The van der Waals surface area contributed by atoms with E-state index in [0.29, 0.717) is 0 Å². The molecule has 16 heavy (non-hydrogen) atoms. The van der Waals surface area contributed by atoms with Crippen LogP contribution in [0, 0.1) is 0 Å². The van der Waals surface area contributed by atoms with Crippen molar-refractivity contribution in [2.24, 2.45) is 0 Å². The van der Waals surface area contributed by atoms with Gasteiger partial charge in [0.2, 0.25) is 0 Å². The van der Waals surface area contributed by atoms with Gasteiger partial charge in [-0.25, -0.2) is 0 Å². The Kier molecular flexibility index (Phi) is 3.96. The van der Waals surface area contributed by atoms with Crippen LogP contribution in [0.25, 0.3) is 0 Å². The van der Waals surface area contributed by atoms with Crippen LogP contribution in [0.15, 0.2) is 24.3 Å². The molecule has 0 saturated heterocycles. The zero-order valence-electron chi connectivity index (χ0n) is 9.19. The fraction of sp³-hybridized carbons (Fsp3) is 0.333. The Morgan fingerprint density at radius 3 is 2.94 bits per heavy atom. The van der Waals surface area contributed by atoms with Gasteiger partial charge in [0.15, 0.2) is 17.6 Å². The van der Waals surface area contributed by atoms with Crippen molar-refractivity contribution in [3.63, 3.8) is 0 Å². The van der Waals surface area contributed by atoms with Crippen molar-refractivity contribution >= 4 is 33.0 Å². The third-order valence-corrected chi connectivity index (χ3v) is 5.00. The molecule has 0 bridgehead atoms. The van der Waals surface area contributed by atoms with Gasteiger partial charge in [0.1, 0.15) is 0 Å². The van der Waals surface area contributed by atoms with Crippen LogP contribution in [-0.4, -0.2) is 27.1 Å². The minimum atomic E-state index is 0.854. The first-order chi connectivity index (χ1) is 7.86. The summed E-state index contributed by atoms with van der Waals surface area (Å²) >= 11 is 3.50. The molecule has 1 heterocycles. The topological polar surface area (TPSA) is 34.2 Å². The third-order valence-electron chi connectivity index (χ3n) is 2.61. The Bertz CT molecular complexity index is 440. The summed E-state index contributed by atoms with van der Waals surface area (Å²) in [7, 11) is 0. The lowest BCUT2D eigenvalue weighted by Gasteiger charge is -2.09. The molecule has 0 fully saturated rings. The van der Waals surface area contributed by atoms with Crippen LogP contribution in [0.1, 0.15) is 17.5 Å². The molecule has 2 nitrogen and oxygen atoms in total. The highest BCUT2D eigenvalue weighted by Gasteiger charge is 2.29. The second-order valence-electron chi connectivity index (χ2n) is 3.59. The van der Waals surface area contributed by atoms with Crippen molar-refractivity contribution in [3.8, 4) is 0 Å². The number of nitrogens with one attached hydrogen (secondary N) is 1. The van der Waals surface area contributed by atoms with E-state index in [1.165, 1.54) is 12.0 Å². The Morgan fingerprint density at radius 2 is 2.19 bits per heavy atom. The molecule has 1 aromatic rings. The minimum Gasteiger partial charge on any atom is -0.292 e. The summed E-state index contributed by atoms with van der Waals surface area (Å²) in [6.45, 7) is 0. The molecule has 0 atom stereocenters. The molecule has 1 aromatic carbocycles. The number of aryl methyl sites for hydroxylation is 1. The van der Waals surface area contributed by atoms with Crippen LogP contribution in [0.5, 0.6) is 0 Å².